The van der Waals surface area contributed by atoms with Crippen LogP contribution in [0, 0.1) is 11.3 Å². The third kappa shape index (κ3) is 3.55. The van der Waals surface area contributed by atoms with Crippen molar-refractivity contribution in [3.05, 3.63) is 29.6 Å². The zero-order chi connectivity index (χ0) is 12.8. The van der Waals surface area contributed by atoms with Gasteiger partial charge < -0.3 is 15.5 Å². The molecule has 0 fully saturated rings. The highest BCUT2D eigenvalue weighted by molar-refractivity contribution is 5.92. The number of nitrogens with one attached hydrogen (secondary N) is 1. The van der Waals surface area contributed by atoms with E-state index in [1.807, 2.05) is 6.07 Å². The Hall–Kier alpha value is -2.46. The highest BCUT2D eigenvalue weighted by Gasteiger charge is 2.15. The Labute approximate surface area is 96.3 Å². The second-order valence-electron chi connectivity index (χ2n) is 3.11. The molecule has 0 aliphatic rings. The number of hydrogen-bond donors (Lipinski definition) is 3. The number of pyridine rings is 1. The Kier molecular flexibility index (Phi) is 4.14. The average Bonchev–Trinajstić information content (AvgIpc) is 2.35. The molecule has 0 aliphatic heterocycles. The Balaban J connectivity index is 2.58. The fourth-order valence-electron chi connectivity index (χ4n) is 0.962. The van der Waals surface area contributed by atoms with Crippen LogP contribution in [0.1, 0.15) is 16.1 Å². The SMILES string of the molecule is N#Cc1ccc(C(=O)NCC(O)C(=O)O)nc1. The molecule has 0 saturated carbocycles. The molecule has 7 nitrogen and oxygen atoms in total. The van der Waals surface area contributed by atoms with Crippen LogP contribution in [0.2, 0.25) is 0 Å². The van der Waals surface area contributed by atoms with Gasteiger partial charge in [-0.05, 0) is 12.1 Å². The van der Waals surface area contributed by atoms with Crippen LogP contribution in [0.4, 0.5) is 0 Å². The minimum Gasteiger partial charge on any atom is -0.479 e. The van der Waals surface area contributed by atoms with E-state index in [1.54, 1.807) is 0 Å². The van der Waals surface area contributed by atoms with Gasteiger partial charge in [0.25, 0.3) is 5.91 Å². The van der Waals surface area contributed by atoms with E-state index in [0.717, 1.165) is 0 Å². The van der Waals surface area contributed by atoms with Gasteiger partial charge in [0.05, 0.1) is 12.1 Å². The molecule has 1 amide bonds. The van der Waals surface area contributed by atoms with Crippen LogP contribution in [0.5, 0.6) is 0 Å². The first-order valence-corrected chi connectivity index (χ1v) is 4.60. The maximum Gasteiger partial charge on any atom is 0.334 e. The predicted molar refractivity (Wildman–Crippen MR) is 54.9 cm³/mol. The smallest absolute Gasteiger partial charge is 0.334 e. The van der Waals surface area contributed by atoms with Gasteiger partial charge in [0.1, 0.15) is 11.8 Å². The van der Waals surface area contributed by atoms with Crippen LogP contribution in [0.25, 0.3) is 0 Å². The molecule has 0 aromatic carbocycles. The maximum absolute atomic E-state index is 11.4. The monoisotopic (exact) mass is 235 g/mol. The molecule has 1 aromatic heterocycles. The van der Waals surface area contributed by atoms with E-state index in [1.165, 1.54) is 18.3 Å². The number of carboxylic acid groups (broad SMARTS) is 1. The molecule has 1 heterocycles. The van der Waals surface area contributed by atoms with E-state index in [0.29, 0.717) is 5.56 Å². The van der Waals surface area contributed by atoms with Crippen LogP contribution in [-0.4, -0.2) is 39.7 Å². The van der Waals surface area contributed by atoms with Gasteiger partial charge in [0, 0.05) is 6.20 Å². The minimum atomic E-state index is -1.66. The van der Waals surface area contributed by atoms with Crippen LogP contribution in [0.3, 0.4) is 0 Å². The molecule has 1 aromatic rings. The number of aliphatic carboxylic acids is 1. The van der Waals surface area contributed by atoms with Crippen LogP contribution >= 0.6 is 0 Å². The van der Waals surface area contributed by atoms with E-state index in [2.05, 4.69) is 10.3 Å². The summed E-state index contributed by atoms with van der Waals surface area (Å²) >= 11 is 0. The molecule has 7 heteroatoms. The Morgan fingerprint density at radius 1 is 1.53 bits per heavy atom. The number of rotatable bonds is 4. The lowest BCUT2D eigenvalue weighted by Gasteiger charge is -2.06. The number of amides is 1. The van der Waals surface area contributed by atoms with Gasteiger partial charge in [-0.1, -0.05) is 0 Å². The average molecular weight is 235 g/mol. The van der Waals surface area contributed by atoms with Gasteiger partial charge in [-0.25, -0.2) is 9.78 Å². The summed E-state index contributed by atoms with van der Waals surface area (Å²) < 4.78 is 0. The van der Waals surface area contributed by atoms with Crippen molar-refractivity contribution in [2.75, 3.05) is 6.54 Å². The molecule has 0 spiro atoms. The third-order valence-electron chi connectivity index (χ3n) is 1.87. The number of hydrogen-bond acceptors (Lipinski definition) is 5. The summed E-state index contributed by atoms with van der Waals surface area (Å²) in [7, 11) is 0. The largest absolute Gasteiger partial charge is 0.479 e. The molecule has 0 radical (unpaired) electrons. The van der Waals surface area contributed by atoms with Gasteiger partial charge in [-0.3, -0.25) is 4.79 Å². The molecule has 0 saturated heterocycles. The Morgan fingerprint density at radius 2 is 2.24 bits per heavy atom. The van der Waals surface area contributed by atoms with Gasteiger partial charge >= 0.3 is 5.97 Å². The highest BCUT2D eigenvalue weighted by Crippen LogP contribution is 1.98. The van der Waals surface area contributed by atoms with Crippen LogP contribution in [0.15, 0.2) is 18.3 Å². The fraction of sp³-hybridized carbons (Fsp3) is 0.200. The predicted octanol–water partition coefficient (Wildman–Crippen LogP) is -0.871. The van der Waals surface area contributed by atoms with Crippen molar-refractivity contribution < 1.29 is 19.8 Å². The highest BCUT2D eigenvalue weighted by atomic mass is 16.4. The van der Waals surface area contributed by atoms with E-state index in [9.17, 15) is 9.59 Å². The lowest BCUT2D eigenvalue weighted by atomic mass is 10.2. The standard InChI is InChI=1S/C10H9N3O4/c11-3-6-1-2-7(12-4-6)9(15)13-5-8(14)10(16)17/h1-2,4,8,14H,5H2,(H,13,15)(H,16,17). The Bertz CT molecular complexity index is 463. The number of aliphatic hydroxyl groups is 1. The van der Waals surface area contributed by atoms with Crippen molar-refractivity contribution in [3.8, 4) is 6.07 Å². The molecule has 0 bridgehead atoms. The van der Waals surface area contributed by atoms with Gasteiger partial charge in [-0.2, -0.15) is 5.26 Å². The zero-order valence-corrected chi connectivity index (χ0v) is 8.62. The summed E-state index contributed by atoms with van der Waals surface area (Å²) in [5.41, 5.74) is 0.355. The fourth-order valence-corrected chi connectivity index (χ4v) is 0.962. The minimum absolute atomic E-state index is 0.0431. The first kappa shape index (κ1) is 12.6. The summed E-state index contributed by atoms with van der Waals surface area (Å²) in [4.78, 5) is 25.4. The molecule has 88 valence electrons. The van der Waals surface area contributed by atoms with Gasteiger partial charge in [-0.15, -0.1) is 0 Å². The van der Waals surface area contributed by atoms with Crippen molar-refractivity contribution in [3.63, 3.8) is 0 Å². The van der Waals surface area contributed by atoms with Crippen molar-refractivity contribution in [2.24, 2.45) is 0 Å². The molecule has 1 unspecified atom stereocenters. The zero-order valence-electron chi connectivity index (χ0n) is 8.62. The number of nitriles is 1. The van der Waals surface area contributed by atoms with Crippen LogP contribution < -0.4 is 5.32 Å². The summed E-state index contributed by atoms with van der Waals surface area (Å²) in [6.07, 6.45) is -0.431. The van der Waals surface area contributed by atoms with Gasteiger partial charge in [0.15, 0.2) is 6.10 Å². The summed E-state index contributed by atoms with van der Waals surface area (Å²) in [6.45, 7) is -0.407. The number of aliphatic hydroxyl groups excluding tert-OH is 1. The lowest BCUT2D eigenvalue weighted by Crippen LogP contribution is -2.36. The Morgan fingerprint density at radius 3 is 2.71 bits per heavy atom. The normalized spacial score (nSPS) is 11.3. The third-order valence-corrected chi connectivity index (χ3v) is 1.87. The summed E-state index contributed by atoms with van der Waals surface area (Å²) in [6, 6.07) is 4.59. The number of carbonyl (C=O) groups excluding carboxylic acids is 1. The quantitative estimate of drug-likeness (QED) is 0.623. The molecule has 1 atom stereocenters. The molecule has 0 aliphatic carbocycles. The molecular weight excluding hydrogens is 226 g/mol. The second kappa shape index (κ2) is 5.58. The number of nitrogens with zero attached hydrogens (tertiary/aromatic N) is 2. The topological polar surface area (TPSA) is 123 Å². The number of carbonyl (C=O) groups is 2. The van der Waals surface area contributed by atoms with Crippen molar-refractivity contribution in [1.29, 1.82) is 5.26 Å². The lowest BCUT2D eigenvalue weighted by molar-refractivity contribution is -0.146. The second-order valence-corrected chi connectivity index (χ2v) is 3.11. The first-order chi connectivity index (χ1) is 8.04. The molecular formula is C10H9N3O4. The van der Waals surface area contributed by atoms with E-state index in [-0.39, 0.29) is 5.69 Å². The molecule has 3 N–H and O–H groups in total. The molecule has 1 rings (SSSR count). The van der Waals surface area contributed by atoms with E-state index < -0.39 is 24.5 Å². The number of aromatic nitrogens is 1. The maximum atomic E-state index is 11.4. The van der Waals surface area contributed by atoms with E-state index >= 15 is 0 Å². The van der Waals surface area contributed by atoms with Crippen LogP contribution in [-0.2, 0) is 4.79 Å². The van der Waals surface area contributed by atoms with Gasteiger partial charge in [0.2, 0.25) is 0 Å². The summed E-state index contributed by atoms with van der Waals surface area (Å²) in [5.74, 6) is -2.03. The number of carboxylic acids is 1. The molecule has 17 heavy (non-hydrogen) atoms. The first-order valence-electron chi connectivity index (χ1n) is 4.60. The van der Waals surface area contributed by atoms with Crippen molar-refractivity contribution >= 4 is 11.9 Å². The van der Waals surface area contributed by atoms with Crippen molar-refractivity contribution in [1.82, 2.24) is 10.3 Å². The summed E-state index contributed by atoms with van der Waals surface area (Å²) in [5, 5.41) is 28.0. The van der Waals surface area contributed by atoms with Crippen molar-refractivity contribution in [2.45, 2.75) is 6.10 Å². The van der Waals surface area contributed by atoms with E-state index in [4.69, 9.17) is 15.5 Å².